The number of sulfone groups is 1. The minimum absolute atomic E-state index is 0.0765. The molecule has 37 heavy (non-hydrogen) atoms. The Morgan fingerprint density at radius 3 is 1.86 bits per heavy atom. The van der Waals surface area contributed by atoms with E-state index in [-0.39, 0.29) is 22.1 Å². The first-order valence-electron chi connectivity index (χ1n) is 9.57. The topological polar surface area (TPSA) is 257 Å². The molecule has 0 atom stereocenters. The number of nitrogens with zero attached hydrogens (tertiary/aromatic N) is 2. The van der Waals surface area contributed by atoms with E-state index in [2.05, 4.69) is 14.4 Å². The van der Waals surface area contributed by atoms with Crippen molar-refractivity contribution < 1.29 is 51.5 Å². The van der Waals surface area contributed by atoms with Crippen LogP contribution in [0.15, 0.2) is 73.4 Å². The highest BCUT2D eigenvalue weighted by Gasteiger charge is 2.23. The number of hydrogen-bond acceptors (Lipinski definition) is 12. The van der Waals surface area contributed by atoms with Gasteiger partial charge in [-0.1, -0.05) is 24.3 Å². The minimum atomic E-state index is -5.09. The second-order valence-electron chi connectivity index (χ2n) is 7.20. The number of anilines is 1. The first kappa shape index (κ1) is 28.5. The maximum absolute atomic E-state index is 12.4. The van der Waals surface area contributed by atoms with E-state index in [1.54, 1.807) is 0 Å². The van der Waals surface area contributed by atoms with E-state index in [1.807, 2.05) is 0 Å². The Morgan fingerprint density at radius 2 is 1.30 bits per heavy atom. The van der Waals surface area contributed by atoms with Crippen molar-refractivity contribution >= 4 is 68.3 Å². The van der Waals surface area contributed by atoms with Gasteiger partial charge in [-0.2, -0.15) is 25.3 Å². The van der Waals surface area contributed by atoms with Crippen molar-refractivity contribution in [1.29, 1.82) is 0 Å². The van der Waals surface area contributed by atoms with Gasteiger partial charge in [0.25, 0.3) is 20.2 Å². The van der Waals surface area contributed by atoms with Gasteiger partial charge in [-0.25, -0.2) is 12.6 Å². The van der Waals surface area contributed by atoms with Crippen LogP contribution in [-0.4, -0.2) is 59.7 Å². The zero-order valence-electron chi connectivity index (χ0n) is 18.2. The summed E-state index contributed by atoms with van der Waals surface area (Å²) in [4.78, 5) is -2.24. The number of nitrogens with two attached hydrogens (primary N) is 1. The zero-order valence-corrected chi connectivity index (χ0v) is 21.4. The molecular weight excluding hydrogens is 578 g/mol. The summed E-state index contributed by atoms with van der Waals surface area (Å²) in [7, 11) is -19.1. The summed E-state index contributed by atoms with van der Waals surface area (Å²) in [5.74, 6) is -0.982. The van der Waals surface area contributed by atoms with Crippen LogP contribution in [0.4, 0.5) is 17.1 Å². The average Bonchev–Trinajstić information content (AvgIpc) is 2.76. The van der Waals surface area contributed by atoms with Crippen LogP contribution in [0.2, 0.25) is 0 Å². The lowest BCUT2D eigenvalue weighted by Crippen LogP contribution is -2.16. The number of fused-ring (bicyclic) bond motifs is 1. The molecule has 0 aliphatic rings. The Balaban J connectivity index is 2.09. The highest BCUT2D eigenvalue weighted by molar-refractivity contribution is 7.91. The summed E-state index contributed by atoms with van der Waals surface area (Å²) in [6, 6.07) is 8.99. The third-order valence-corrected chi connectivity index (χ3v) is 8.64. The van der Waals surface area contributed by atoms with Gasteiger partial charge in [-0.3, -0.25) is 13.7 Å². The fourth-order valence-corrected chi connectivity index (χ4v) is 6.05. The van der Waals surface area contributed by atoms with E-state index >= 15 is 0 Å². The van der Waals surface area contributed by atoms with Crippen molar-refractivity contribution in [2.24, 2.45) is 10.2 Å². The molecule has 3 rings (SSSR count). The van der Waals surface area contributed by atoms with Gasteiger partial charge in [0, 0.05) is 10.8 Å². The van der Waals surface area contributed by atoms with Gasteiger partial charge in [0.2, 0.25) is 0 Å². The molecule has 0 saturated carbocycles. The molecule has 0 amide bonds. The van der Waals surface area contributed by atoms with E-state index in [4.69, 9.17) is 10.3 Å². The minimum Gasteiger partial charge on any atom is -0.396 e. The molecule has 0 aromatic heterocycles. The predicted octanol–water partition coefficient (Wildman–Crippen LogP) is 1.92. The van der Waals surface area contributed by atoms with Crippen LogP contribution >= 0.6 is 0 Å². The van der Waals surface area contributed by atoms with E-state index < -0.39 is 73.2 Å². The Kier molecular flexibility index (Phi) is 7.73. The second-order valence-corrected chi connectivity index (χ2v) is 13.2. The van der Waals surface area contributed by atoms with E-state index in [0.29, 0.717) is 6.07 Å². The summed E-state index contributed by atoms with van der Waals surface area (Å²) in [5, 5.41) is 7.63. The van der Waals surface area contributed by atoms with Gasteiger partial charge in [0.15, 0.2) is 9.84 Å². The van der Waals surface area contributed by atoms with Crippen molar-refractivity contribution in [3.8, 4) is 0 Å². The lowest BCUT2D eigenvalue weighted by Gasteiger charge is -2.10. The molecule has 0 heterocycles. The van der Waals surface area contributed by atoms with Crippen LogP contribution in [0, 0.1) is 0 Å². The molecular formula is C18H17N3O12S4. The molecule has 0 unspecified atom stereocenters. The Hall–Kier alpha value is -3.04. The smallest absolute Gasteiger partial charge is 0.396 e. The molecule has 5 N–H and O–H groups in total. The molecule has 15 nitrogen and oxygen atoms in total. The Morgan fingerprint density at radius 1 is 0.730 bits per heavy atom. The molecule has 3 aromatic carbocycles. The summed E-state index contributed by atoms with van der Waals surface area (Å²) in [6.07, 6.45) is 0. The molecule has 0 radical (unpaired) electrons. The third-order valence-electron chi connectivity index (χ3n) is 4.72. The summed E-state index contributed by atoms with van der Waals surface area (Å²) in [5.41, 5.74) is 5.07. The first-order valence-corrected chi connectivity index (χ1v) is 15.5. The lowest BCUT2D eigenvalue weighted by atomic mass is 10.1. The number of nitrogen functional groups attached to an aromatic ring is 1. The standard InChI is InChI=1S/C18H17N3O12S4/c19-18-13-4-2-1-3-12(13)16(35(24,25)26)10-15(18)21-20-14-6-5-11(9-17(14)36(27,28)29)34(22,23)8-7-33-37(30,31)32/h1-6,9-10H,7-8,19H2,(H,24,25,26)(H,27,28,29)(H,30,31,32). The van der Waals surface area contributed by atoms with Crippen molar-refractivity contribution in [2.75, 3.05) is 18.1 Å². The lowest BCUT2D eigenvalue weighted by molar-refractivity contribution is 0.284. The predicted molar refractivity (Wildman–Crippen MR) is 128 cm³/mol. The fourth-order valence-electron chi connectivity index (χ4n) is 3.10. The number of benzene rings is 3. The van der Waals surface area contributed by atoms with Gasteiger partial charge < -0.3 is 5.73 Å². The molecule has 0 spiro atoms. The average molecular weight is 596 g/mol. The molecule has 0 saturated heterocycles. The van der Waals surface area contributed by atoms with Crippen molar-refractivity contribution in [2.45, 2.75) is 14.7 Å². The van der Waals surface area contributed by atoms with Gasteiger partial charge in [0.05, 0.1) is 22.9 Å². The molecule has 200 valence electrons. The van der Waals surface area contributed by atoms with E-state index in [1.165, 1.54) is 24.3 Å². The molecule has 0 aliphatic heterocycles. The first-order chi connectivity index (χ1) is 16.9. The van der Waals surface area contributed by atoms with E-state index in [9.17, 15) is 42.8 Å². The fraction of sp³-hybridized carbons (Fsp3) is 0.111. The van der Waals surface area contributed by atoms with Crippen LogP contribution in [-0.2, 0) is 44.7 Å². The second kappa shape index (κ2) is 10.0. The third kappa shape index (κ3) is 6.84. The molecule has 0 aliphatic carbocycles. The van der Waals surface area contributed by atoms with Crippen molar-refractivity contribution in [3.63, 3.8) is 0 Å². The van der Waals surface area contributed by atoms with Crippen molar-refractivity contribution in [3.05, 3.63) is 48.5 Å². The van der Waals surface area contributed by atoms with Crippen LogP contribution in [0.25, 0.3) is 10.8 Å². The maximum atomic E-state index is 12.4. The van der Waals surface area contributed by atoms with Crippen LogP contribution in [0.5, 0.6) is 0 Å². The molecule has 3 aromatic rings. The number of azo groups is 1. The Labute approximate surface area is 211 Å². The van der Waals surface area contributed by atoms with Gasteiger partial charge in [0.1, 0.15) is 21.2 Å². The van der Waals surface area contributed by atoms with Crippen LogP contribution in [0.3, 0.4) is 0 Å². The van der Waals surface area contributed by atoms with Crippen LogP contribution in [0.1, 0.15) is 0 Å². The zero-order chi connectivity index (χ0) is 27.8. The summed E-state index contributed by atoms with van der Waals surface area (Å²) < 4.78 is 125. The van der Waals surface area contributed by atoms with Gasteiger partial charge >= 0.3 is 10.4 Å². The number of rotatable bonds is 9. The Bertz CT molecular complexity index is 1850. The SMILES string of the molecule is Nc1c(N=Nc2ccc(S(=O)(=O)CCOS(=O)(=O)O)cc2S(=O)(=O)O)cc(S(=O)(=O)O)c2ccccc12. The maximum Gasteiger partial charge on any atom is 0.397 e. The summed E-state index contributed by atoms with van der Waals surface area (Å²) in [6.45, 7) is -0.985. The monoisotopic (exact) mass is 595 g/mol. The van der Waals surface area contributed by atoms with E-state index in [0.717, 1.165) is 18.2 Å². The highest BCUT2D eigenvalue weighted by atomic mass is 32.3. The highest BCUT2D eigenvalue weighted by Crippen LogP contribution is 2.37. The van der Waals surface area contributed by atoms with Crippen molar-refractivity contribution in [1.82, 2.24) is 0 Å². The van der Waals surface area contributed by atoms with Gasteiger partial charge in [-0.05, 0) is 24.3 Å². The summed E-state index contributed by atoms with van der Waals surface area (Å²) >= 11 is 0. The van der Waals surface area contributed by atoms with Crippen LogP contribution < -0.4 is 5.73 Å². The quantitative estimate of drug-likeness (QED) is 0.157. The largest absolute Gasteiger partial charge is 0.397 e. The molecule has 0 bridgehead atoms. The molecule has 0 fully saturated rings. The molecule has 19 heteroatoms. The van der Waals surface area contributed by atoms with Gasteiger partial charge in [-0.15, -0.1) is 10.2 Å². The normalized spacial score (nSPS) is 13.4. The number of hydrogen-bond donors (Lipinski definition) is 4.